The maximum atomic E-state index is 10.9. The zero-order valence-electron chi connectivity index (χ0n) is 14.4. The first-order chi connectivity index (χ1) is 10.2. The number of rotatable bonds is 7. The third kappa shape index (κ3) is 5.42. The first-order valence-electron chi connectivity index (χ1n) is 9.66. The van der Waals surface area contributed by atoms with Crippen molar-refractivity contribution < 1.29 is 4.79 Å². The van der Waals surface area contributed by atoms with Crippen LogP contribution in [0.4, 0.5) is 0 Å². The van der Waals surface area contributed by atoms with E-state index < -0.39 is 0 Å². The highest BCUT2D eigenvalue weighted by atomic mass is 16.1. The number of carbonyl (C=O) groups excluding carboxylic acids is 1. The number of hydrogen-bond donors (Lipinski definition) is 0. The molecule has 0 bridgehead atoms. The molecule has 122 valence electrons. The molecule has 4 unspecified atom stereocenters. The van der Waals surface area contributed by atoms with Crippen molar-refractivity contribution in [1.82, 2.24) is 0 Å². The summed E-state index contributed by atoms with van der Waals surface area (Å²) in [5.74, 6) is 4.14. The first-order valence-corrected chi connectivity index (χ1v) is 9.66. The van der Waals surface area contributed by atoms with Crippen LogP contribution in [0.15, 0.2) is 0 Å². The predicted molar refractivity (Wildman–Crippen MR) is 90.3 cm³/mol. The first kappa shape index (κ1) is 17.0. The van der Waals surface area contributed by atoms with E-state index in [4.69, 9.17) is 0 Å². The zero-order chi connectivity index (χ0) is 15.1. The molecule has 0 saturated heterocycles. The molecule has 1 heteroatoms. The Labute approximate surface area is 132 Å². The fourth-order valence-electron chi connectivity index (χ4n) is 5.03. The molecule has 4 atom stereocenters. The van der Waals surface area contributed by atoms with E-state index in [1.54, 1.807) is 0 Å². The van der Waals surface area contributed by atoms with Crippen LogP contribution < -0.4 is 0 Å². The van der Waals surface area contributed by atoms with Crippen LogP contribution in [0.2, 0.25) is 0 Å². The van der Waals surface area contributed by atoms with E-state index in [9.17, 15) is 4.79 Å². The Kier molecular flexibility index (Phi) is 7.26. The molecule has 0 N–H and O–H groups in total. The second-order valence-corrected chi connectivity index (χ2v) is 8.12. The van der Waals surface area contributed by atoms with Crippen molar-refractivity contribution in [3.05, 3.63) is 0 Å². The fraction of sp³-hybridized carbons (Fsp3) is 0.950. The molecule has 1 nitrogen and oxygen atoms in total. The molecular weight excluding hydrogens is 256 g/mol. The third-order valence-electron chi connectivity index (χ3n) is 6.45. The van der Waals surface area contributed by atoms with Crippen LogP contribution in [-0.4, -0.2) is 6.29 Å². The van der Waals surface area contributed by atoms with Gasteiger partial charge in [-0.05, 0) is 42.9 Å². The molecule has 0 spiro atoms. The maximum absolute atomic E-state index is 10.9. The van der Waals surface area contributed by atoms with Gasteiger partial charge in [0.25, 0.3) is 0 Å². The van der Waals surface area contributed by atoms with Gasteiger partial charge in [-0.25, -0.2) is 0 Å². The standard InChI is InChI=1S/C20H36O/c1-16-8-6-9-17(2)20(16)13-5-3-4-10-18-11-7-12-19(14-18)15-21/h15-20H,3-14H2,1-2H3. The van der Waals surface area contributed by atoms with Gasteiger partial charge in [0.15, 0.2) is 0 Å². The summed E-state index contributed by atoms with van der Waals surface area (Å²) in [5.41, 5.74) is 0. The minimum Gasteiger partial charge on any atom is -0.303 e. The van der Waals surface area contributed by atoms with Gasteiger partial charge >= 0.3 is 0 Å². The van der Waals surface area contributed by atoms with Crippen molar-refractivity contribution in [2.45, 2.75) is 90.9 Å². The van der Waals surface area contributed by atoms with Crippen LogP contribution in [0.5, 0.6) is 0 Å². The van der Waals surface area contributed by atoms with Crippen LogP contribution in [0.25, 0.3) is 0 Å². The predicted octanol–water partition coefficient (Wildman–Crippen LogP) is 6.01. The molecule has 0 aromatic heterocycles. The third-order valence-corrected chi connectivity index (χ3v) is 6.45. The lowest BCUT2D eigenvalue weighted by atomic mass is 9.71. The van der Waals surface area contributed by atoms with E-state index in [2.05, 4.69) is 13.8 Å². The summed E-state index contributed by atoms with van der Waals surface area (Å²) in [6.45, 7) is 4.95. The minimum absolute atomic E-state index is 0.382. The van der Waals surface area contributed by atoms with Crippen molar-refractivity contribution in [2.75, 3.05) is 0 Å². The van der Waals surface area contributed by atoms with Crippen molar-refractivity contribution >= 4 is 6.29 Å². The van der Waals surface area contributed by atoms with Crippen LogP contribution in [-0.2, 0) is 4.79 Å². The Balaban J connectivity index is 1.56. The molecule has 2 fully saturated rings. The summed E-state index contributed by atoms with van der Waals surface area (Å²) in [7, 11) is 0. The number of unbranched alkanes of at least 4 members (excludes halogenated alkanes) is 2. The molecule has 2 saturated carbocycles. The summed E-state index contributed by atoms with van der Waals surface area (Å²) in [4.78, 5) is 10.9. The van der Waals surface area contributed by atoms with E-state index in [-0.39, 0.29) is 0 Å². The average Bonchev–Trinajstić information content (AvgIpc) is 2.50. The monoisotopic (exact) mass is 292 g/mol. The molecule has 0 heterocycles. The van der Waals surface area contributed by atoms with Gasteiger partial charge in [0.2, 0.25) is 0 Å². The lowest BCUT2D eigenvalue weighted by molar-refractivity contribution is -0.112. The van der Waals surface area contributed by atoms with E-state index >= 15 is 0 Å². The van der Waals surface area contributed by atoms with Crippen LogP contribution in [0.3, 0.4) is 0 Å². The molecule has 0 aromatic carbocycles. The van der Waals surface area contributed by atoms with Crippen molar-refractivity contribution in [1.29, 1.82) is 0 Å². The maximum Gasteiger partial charge on any atom is 0.123 e. The Morgan fingerprint density at radius 1 is 0.857 bits per heavy atom. The SMILES string of the molecule is CC1CCCC(C)C1CCCCCC1CCCC(C=O)C1. The van der Waals surface area contributed by atoms with Crippen molar-refractivity contribution in [2.24, 2.45) is 29.6 Å². The van der Waals surface area contributed by atoms with Crippen molar-refractivity contribution in [3.63, 3.8) is 0 Å². The summed E-state index contributed by atoms with van der Waals surface area (Å²) in [6.07, 6.45) is 17.7. The second kappa shape index (κ2) is 8.96. The molecule has 21 heavy (non-hydrogen) atoms. The molecule has 0 aliphatic heterocycles. The van der Waals surface area contributed by atoms with Crippen LogP contribution in [0, 0.1) is 29.6 Å². The topological polar surface area (TPSA) is 17.1 Å². The second-order valence-electron chi connectivity index (χ2n) is 8.12. The molecule has 0 aromatic rings. The van der Waals surface area contributed by atoms with Gasteiger partial charge in [-0.15, -0.1) is 0 Å². The van der Waals surface area contributed by atoms with E-state index in [0.717, 1.165) is 30.1 Å². The van der Waals surface area contributed by atoms with Gasteiger partial charge in [-0.2, -0.15) is 0 Å². The normalized spacial score (nSPS) is 37.3. The number of aldehydes is 1. The summed E-state index contributed by atoms with van der Waals surface area (Å²) >= 11 is 0. The Bertz CT molecular complexity index is 288. The Morgan fingerprint density at radius 2 is 1.52 bits per heavy atom. The van der Waals surface area contributed by atoms with Gasteiger partial charge < -0.3 is 4.79 Å². The number of hydrogen-bond acceptors (Lipinski definition) is 1. The molecule has 2 rings (SSSR count). The zero-order valence-corrected chi connectivity index (χ0v) is 14.4. The Morgan fingerprint density at radius 3 is 2.24 bits per heavy atom. The quantitative estimate of drug-likeness (QED) is 0.414. The minimum atomic E-state index is 0.382. The van der Waals surface area contributed by atoms with E-state index in [0.29, 0.717) is 5.92 Å². The van der Waals surface area contributed by atoms with Crippen LogP contribution in [0.1, 0.15) is 90.9 Å². The fourth-order valence-corrected chi connectivity index (χ4v) is 5.03. The van der Waals surface area contributed by atoms with E-state index in [1.165, 1.54) is 76.9 Å². The molecule has 0 amide bonds. The lowest BCUT2D eigenvalue weighted by Crippen LogP contribution is -2.24. The van der Waals surface area contributed by atoms with Gasteiger partial charge in [-0.1, -0.05) is 71.6 Å². The highest BCUT2D eigenvalue weighted by Gasteiger charge is 2.27. The number of carbonyl (C=O) groups is 1. The molecule has 0 radical (unpaired) electrons. The average molecular weight is 293 g/mol. The highest BCUT2D eigenvalue weighted by molar-refractivity contribution is 5.53. The van der Waals surface area contributed by atoms with Gasteiger partial charge in [0, 0.05) is 5.92 Å². The van der Waals surface area contributed by atoms with Gasteiger partial charge in [0.05, 0.1) is 0 Å². The van der Waals surface area contributed by atoms with Crippen molar-refractivity contribution in [3.8, 4) is 0 Å². The summed E-state index contributed by atoms with van der Waals surface area (Å²) in [5, 5.41) is 0. The largest absolute Gasteiger partial charge is 0.303 e. The summed E-state index contributed by atoms with van der Waals surface area (Å²) in [6, 6.07) is 0. The van der Waals surface area contributed by atoms with E-state index in [1.807, 2.05) is 0 Å². The smallest absolute Gasteiger partial charge is 0.123 e. The van der Waals surface area contributed by atoms with Gasteiger partial charge in [-0.3, -0.25) is 0 Å². The highest BCUT2D eigenvalue weighted by Crippen LogP contribution is 2.38. The lowest BCUT2D eigenvalue weighted by Gasteiger charge is -2.34. The molecular formula is C20H36O. The van der Waals surface area contributed by atoms with Gasteiger partial charge in [0.1, 0.15) is 6.29 Å². The molecule has 2 aliphatic carbocycles. The Hall–Kier alpha value is -0.330. The summed E-state index contributed by atoms with van der Waals surface area (Å²) < 4.78 is 0. The molecule has 2 aliphatic rings. The van der Waals surface area contributed by atoms with Crippen LogP contribution >= 0.6 is 0 Å².